The number of hydrogen-bond donors (Lipinski definition) is 1. The molecule has 1 saturated carbocycles. The Labute approximate surface area is 133 Å². The molecule has 1 fully saturated rings. The summed E-state index contributed by atoms with van der Waals surface area (Å²) >= 11 is 0. The van der Waals surface area contributed by atoms with Crippen LogP contribution >= 0.6 is 0 Å². The van der Waals surface area contributed by atoms with E-state index < -0.39 is 5.97 Å². The lowest BCUT2D eigenvalue weighted by molar-refractivity contribution is -0.533. The normalized spacial score (nSPS) is 18.7. The van der Waals surface area contributed by atoms with Gasteiger partial charge >= 0.3 is 5.97 Å². The minimum absolute atomic E-state index is 0.222. The maximum Gasteiger partial charge on any atom is 0.303 e. The fraction of sp³-hybridized carbons (Fsp3) is 0.579. The van der Waals surface area contributed by atoms with Crippen molar-refractivity contribution in [3.05, 3.63) is 35.4 Å². The number of rotatable bonds is 3. The minimum Gasteiger partial charge on any atom is -0.481 e. The summed E-state index contributed by atoms with van der Waals surface area (Å²) in [5, 5.41) is 7.72. The van der Waals surface area contributed by atoms with Crippen LogP contribution in [0.4, 0.5) is 0 Å². The van der Waals surface area contributed by atoms with E-state index in [0.29, 0.717) is 6.04 Å². The fourth-order valence-corrected chi connectivity index (χ4v) is 3.38. The first kappa shape index (κ1) is 16.7. The lowest BCUT2D eigenvalue weighted by Crippen LogP contribution is -2.26. The van der Waals surface area contributed by atoms with Crippen LogP contribution in [0.5, 0.6) is 0 Å². The van der Waals surface area contributed by atoms with Crippen molar-refractivity contribution in [1.29, 1.82) is 0 Å². The lowest BCUT2D eigenvalue weighted by atomic mass is 10.1. The molecular formula is C19H28NO2+. The van der Waals surface area contributed by atoms with Crippen LogP contribution in [0.1, 0.15) is 50.2 Å². The van der Waals surface area contributed by atoms with Crippen molar-refractivity contribution in [1.82, 2.24) is 0 Å². The summed E-state index contributed by atoms with van der Waals surface area (Å²) in [4.78, 5) is 9.37. The van der Waals surface area contributed by atoms with Crippen LogP contribution in [-0.4, -0.2) is 35.0 Å². The standard InChI is InChI=1S/C16H22N.C3H6O2/c1-17(12-13-6-2-3-7-13)16-10-14-8-4-5-9-15(14)11-16;1-2-3(4)5/h4-5,8-9,12-13,16H,2-3,6-7,10-11H2,1H3;2H2,1H3,(H,4,5)/q+1;. The highest BCUT2D eigenvalue weighted by atomic mass is 16.4. The van der Waals surface area contributed by atoms with Gasteiger partial charge < -0.3 is 5.11 Å². The predicted molar refractivity (Wildman–Crippen MR) is 89.8 cm³/mol. The van der Waals surface area contributed by atoms with Crippen LogP contribution < -0.4 is 0 Å². The molecule has 3 rings (SSSR count). The zero-order valence-electron chi connectivity index (χ0n) is 13.8. The Kier molecular flexibility index (Phi) is 6.17. The van der Waals surface area contributed by atoms with Crippen molar-refractivity contribution in [2.24, 2.45) is 5.92 Å². The Morgan fingerprint density at radius 2 is 1.73 bits per heavy atom. The van der Waals surface area contributed by atoms with E-state index in [2.05, 4.69) is 42.1 Å². The van der Waals surface area contributed by atoms with Crippen LogP contribution in [0.25, 0.3) is 0 Å². The van der Waals surface area contributed by atoms with Gasteiger partial charge in [0.25, 0.3) is 0 Å². The molecule has 0 amide bonds. The van der Waals surface area contributed by atoms with Gasteiger partial charge in [-0.1, -0.05) is 44.0 Å². The van der Waals surface area contributed by atoms with Gasteiger partial charge in [0, 0.05) is 25.2 Å². The zero-order chi connectivity index (χ0) is 15.9. The molecule has 0 unspecified atom stereocenters. The predicted octanol–water partition coefficient (Wildman–Crippen LogP) is 3.54. The van der Waals surface area contributed by atoms with Gasteiger partial charge in [0.05, 0.1) is 0 Å². The average molecular weight is 302 g/mol. The molecule has 0 heterocycles. The third kappa shape index (κ3) is 4.69. The third-order valence-corrected chi connectivity index (χ3v) is 4.75. The molecule has 0 radical (unpaired) electrons. The van der Waals surface area contributed by atoms with E-state index in [1.165, 1.54) is 38.5 Å². The van der Waals surface area contributed by atoms with Crippen LogP contribution in [0.2, 0.25) is 0 Å². The molecule has 0 aromatic heterocycles. The lowest BCUT2D eigenvalue weighted by Gasteiger charge is -2.07. The highest BCUT2D eigenvalue weighted by Crippen LogP contribution is 2.25. The maximum absolute atomic E-state index is 9.37. The second kappa shape index (κ2) is 8.11. The second-order valence-electron chi connectivity index (χ2n) is 6.44. The topological polar surface area (TPSA) is 40.3 Å². The number of fused-ring (bicyclic) bond motifs is 1. The maximum atomic E-state index is 9.37. The molecule has 1 N–H and O–H groups in total. The molecule has 2 aliphatic carbocycles. The SMILES string of the molecule is CCC(=O)O.C[N+](=CC1CCCC1)C1Cc2ccccc2C1. The zero-order valence-corrected chi connectivity index (χ0v) is 13.8. The van der Waals surface area contributed by atoms with Crippen molar-refractivity contribution in [3.8, 4) is 0 Å². The number of likely N-dealkylation sites (N-methyl/N-ethyl adjacent to an activating group) is 1. The van der Waals surface area contributed by atoms with E-state index in [1.54, 1.807) is 18.1 Å². The van der Waals surface area contributed by atoms with Gasteiger partial charge in [-0.3, -0.25) is 4.79 Å². The van der Waals surface area contributed by atoms with Gasteiger partial charge in [-0.2, -0.15) is 0 Å². The van der Waals surface area contributed by atoms with Crippen molar-refractivity contribution in [2.45, 2.75) is 57.9 Å². The number of hydrogen-bond acceptors (Lipinski definition) is 1. The first-order valence-electron chi connectivity index (χ1n) is 8.45. The summed E-state index contributed by atoms with van der Waals surface area (Å²) in [6.45, 7) is 1.60. The van der Waals surface area contributed by atoms with Crippen molar-refractivity contribution >= 4 is 12.2 Å². The molecule has 1 aromatic rings. The Balaban J connectivity index is 0.000000309. The van der Waals surface area contributed by atoms with Gasteiger partial charge in [-0.05, 0) is 24.0 Å². The summed E-state index contributed by atoms with van der Waals surface area (Å²) in [5.74, 6) is 0.105. The molecular weight excluding hydrogens is 274 g/mol. The van der Waals surface area contributed by atoms with Gasteiger partial charge in [-0.15, -0.1) is 0 Å². The van der Waals surface area contributed by atoms with Gasteiger partial charge in [0.1, 0.15) is 13.3 Å². The number of carbonyl (C=O) groups is 1. The number of carboxylic acid groups (broad SMARTS) is 1. The van der Waals surface area contributed by atoms with Crippen LogP contribution in [0, 0.1) is 5.92 Å². The Hall–Kier alpha value is -1.64. The van der Waals surface area contributed by atoms with Crippen LogP contribution in [0.3, 0.4) is 0 Å². The molecule has 1 aromatic carbocycles. The molecule has 2 aliphatic rings. The Morgan fingerprint density at radius 3 is 2.18 bits per heavy atom. The highest BCUT2D eigenvalue weighted by Gasteiger charge is 2.28. The van der Waals surface area contributed by atoms with Crippen molar-refractivity contribution in [2.75, 3.05) is 7.05 Å². The highest BCUT2D eigenvalue weighted by molar-refractivity contribution is 5.66. The summed E-state index contributed by atoms with van der Waals surface area (Å²) < 4.78 is 2.50. The smallest absolute Gasteiger partial charge is 0.303 e. The number of benzene rings is 1. The molecule has 0 aliphatic heterocycles. The Morgan fingerprint density at radius 1 is 1.23 bits per heavy atom. The van der Waals surface area contributed by atoms with Crippen LogP contribution in [0.15, 0.2) is 24.3 Å². The molecule has 0 spiro atoms. The van der Waals surface area contributed by atoms with E-state index in [9.17, 15) is 4.79 Å². The van der Waals surface area contributed by atoms with E-state index in [1.807, 2.05) is 0 Å². The summed E-state index contributed by atoms with van der Waals surface area (Å²) in [6, 6.07) is 9.62. The molecule has 3 nitrogen and oxygen atoms in total. The minimum atomic E-state index is -0.745. The van der Waals surface area contributed by atoms with Gasteiger partial charge in [0.15, 0.2) is 6.04 Å². The van der Waals surface area contributed by atoms with Gasteiger partial charge in [0.2, 0.25) is 0 Å². The molecule has 0 saturated heterocycles. The van der Waals surface area contributed by atoms with E-state index >= 15 is 0 Å². The van der Waals surface area contributed by atoms with E-state index in [0.717, 1.165) is 5.92 Å². The molecule has 0 bridgehead atoms. The first-order chi connectivity index (χ1) is 10.6. The third-order valence-electron chi connectivity index (χ3n) is 4.75. The largest absolute Gasteiger partial charge is 0.481 e. The van der Waals surface area contributed by atoms with Crippen molar-refractivity contribution < 1.29 is 14.5 Å². The molecule has 22 heavy (non-hydrogen) atoms. The second-order valence-corrected chi connectivity index (χ2v) is 6.44. The quantitative estimate of drug-likeness (QED) is 0.685. The number of carboxylic acids is 1. The summed E-state index contributed by atoms with van der Waals surface area (Å²) in [6.07, 6.45) is 10.9. The number of nitrogens with zero attached hydrogens (tertiary/aromatic N) is 1. The monoisotopic (exact) mass is 302 g/mol. The molecule has 3 heteroatoms. The van der Waals surface area contributed by atoms with Gasteiger partial charge in [-0.25, -0.2) is 4.58 Å². The molecule has 0 atom stereocenters. The van der Waals surface area contributed by atoms with Crippen molar-refractivity contribution in [3.63, 3.8) is 0 Å². The average Bonchev–Trinajstić information content (AvgIpc) is 3.16. The van der Waals surface area contributed by atoms with E-state index in [-0.39, 0.29) is 6.42 Å². The van der Waals surface area contributed by atoms with E-state index in [4.69, 9.17) is 5.11 Å². The summed E-state index contributed by atoms with van der Waals surface area (Å²) in [5.41, 5.74) is 3.12. The first-order valence-corrected chi connectivity index (χ1v) is 8.45. The molecule has 120 valence electrons. The fourth-order valence-electron chi connectivity index (χ4n) is 3.38. The Bertz CT molecular complexity index is 505. The van der Waals surface area contributed by atoms with Crippen LogP contribution in [-0.2, 0) is 17.6 Å². The number of aliphatic carboxylic acids is 1. The summed E-state index contributed by atoms with van der Waals surface area (Å²) in [7, 11) is 2.27.